The standard InChI is InChI=1S/C37H53NO23/c1-13-19(42)25(53-3)17(11-40)55-34(13)59-28-22(45)24(47)37(61-30(28)33(51)52)57-26-18(12-41)56-35(14(2)20(26)43)58-27-21(44)23(46)36(60-29(27)32(49)50)54-9-8-38-31(48)16-6-4-15(10-39)5-7-16/h4-7,10,13-14,17-30,34-37,40-47H,8-9,11-12H2,1-3H3,(H,38,48)(H,49,50)(H,51,52)/t13?,14?,17?,18?,19-,20-,21?,22?,23+,24+,25-,26-,27+,28+,29?,30?,34-,35-,36-,37-/m1/s1. The van der Waals surface area contributed by atoms with Gasteiger partial charge in [0.15, 0.2) is 37.4 Å². The molecule has 1 amide bonds. The van der Waals surface area contributed by atoms with Crippen LogP contribution in [-0.4, -0.2) is 219 Å². The first-order valence-electron chi connectivity index (χ1n) is 19.3. The van der Waals surface area contributed by atoms with Crippen LogP contribution < -0.4 is 5.32 Å². The number of aliphatic hydroxyl groups is 8. The van der Waals surface area contributed by atoms with Gasteiger partial charge in [-0.1, -0.05) is 26.0 Å². The van der Waals surface area contributed by atoms with E-state index in [1.165, 1.54) is 45.2 Å². The monoisotopic (exact) mass is 879 g/mol. The third-order valence-corrected chi connectivity index (χ3v) is 11.0. The molecule has 1 aromatic rings. The number of aliphatic hydroxyl groups excluding tert-OH is 8. The molecule has 8 unspecified atom stereocenters. The van der Waals surface area contributed by atoms with Gasteiger partial charge < -0.3 is 99.0 Å². The Morgan fingerprint density at radius 1 is 0.639 bits per heavy atom. The highest BCUT2D eigenvalue weighted by Gasteiger charge is 2.56. The minimum absolute atomic E-state index is 0.139. The van der Waals surface area contributed by atoms with Crippen LogP contribution >= 0.6 is 0 Å². The summed E-state index contributed by atoms with van der Waals surface area (Å²) in [5.74, 6) is -5.97. The van der Waals surface area contributed by atoms with Gasteiger partial charge in [0.25, 0.3) is 5.91 Å². The van der Waals surface area contributed by atoms with Crippen molar-refractivity contribution in [1.29, 1.82) is 0 Å². The molecule has 0 spiro atoms. The first kappa shape index (κ1) is 48.6. The largest absolute Gasteiger partial charge is 0.479 e. The Balaban J connectivity index is 1.20. The zero-order chi connectivity index (χ0) is 44.9. The van der Waals surface area contributed by atoms with Crippen molar-refractivity contribution in [3.63, 3.8) is 0 Å². The van der Waals surface area contributed by atoms with Crippen LogP contribution in [0.15, 0.2) is 24.3 Å². The van der Waals surface area contributed by atoms with E-state index in [9.17, 15) is 70.2 Å². The zero-order valence-electron chi connectivity index (χ0n) is 33.0. The number of hydrogen-bond donors (Lipinski definition) is 11. The lowest BCUT2D eigenvalue weighted by molar-refractivity contribution is -0.377. The summed E-state index contributed by atoms with van der Waals surface area (Å²) in [6.07, 6.45) is -30.2. The number of carbonyl (C=O) groups is 4. The number of carbonyl (C=O) groups excluding carboxylic acids is 2. The van der Waals surface area contributed by atoms with E-state index >= 15 is 0 Å². The number of nitrogens with one attached hydrogen (secondary N) is 1. The summed E-state index contributed by atoms with van der Waals surface area (Å²) >= 11 is 0. The van der Waals surface area contributed by atoms with Crippen molar-refractivity contribution in [2.24, 2.45) is 11.8 Å². The van der Waals surface area contributed by atoms with Crippen molar-refractivity contribution in [2.75, 3.05) is 33.5 Å². The van der Waals surface area contributed by atoms with E-state index < -0.39 is 154 Å². The highest BCUT2D eigenvalue weighted by Crippen LogP contribution is 2.37. The van der Waals surface area contributed by atoms with Crippen molar-refractivity contribution in [3.8, 4) is 0 Å². The fourth-order valence-corrected chi connectivity index (χ4v) is 7.42. The number of hydrogen-bond acceptors (Lipinski definition) is 21. The van der Waals surface area contributed by atoms with Crippen LogP contribution in [0.5, 0.6) is 0 Å². The predicted octanol–water partition coefficient (Wildman–Crippen LogP) is -5.09. The van der Waals surface area contributed by atoms with E-state index in [0.29, 0.717) is 11.8 Å². The molecule has 344 valence electrons. The molecule has 0 aliphatic carbocycles. The lowest BCUT2D eigenvalue weighted by atomic mass is 9.91. The van der Waals surface area contributed by atoms with E-state index in [-0.39, 0.29) is 18.7 Å². The van der Waals surface area contributed by atoms with Gasteiger partial charge >= 0.3 is 11.9 Å². The van der Waals surface area contributed by atoms with Gasteiger partial charge in [0.2, 0.25) is 0 Å². The molecule has 4 fully saturated rings. The average molecular weight is 880 g/mol. The average Bonchev–Trinajstić information content (AvgIpc) is 3.24. The molecule has 5 rings (SSSR count). The Kier molecular flexibility index (Phi) is 17.0. The Hall–Kier alpha value is -3.38. The van der Waals surface area contributed by atoms with Crippen LogP contribution in [0.25, 0.3) is 0 Å². The summed E-state index contributed by atoms with van der Waals surface area (Å²) in [4.78, 5) is 47.9. The topological polar surface area (TPSA) is 366 Å². The fourth-order valence-electron chi connectivity index (χ4n) is 7.42. The van der Waals surface area contributed by atoms with E-state index in [4.69, 9.17) is 42.6 Å². The molecule has 0 aromatic heterocycles. The molecule has 20 atom stereocenters. The number of rotatable bonds is 17. The molecule has 4 aliphatic heterocycles. The Morgan fingerprint density at radius 2 is 1.10 bits per heavy atom. The lowest BCUT2D eigenvalue weighted by Crippen LogP contribution is -2.66. The van der Waals surface area contributed by atoms with Crippen LogP contribution in [0, 0.1) is 11.8 Å². The van der Waals surface area contributed by atoms with Crippen molar-refractivity contribution < 1.29 is 113 Å². The van der Waals surface area contributed by atoms with Gasteiger partial charge in [-0.2, -0.15) is 0 Å². The molecule has 1 aromatic carbocycles. The predicted molar refractivity (Wildman–Crippen MR) is 194 cm³/mol. The minimum Gasteiger partial charge on any atom is -0.479 e. The summed E-state index contributed by atoms with van der Waals surface area (Å²) in [6.45, 7) is 0.824. The van der Waals surface area contributed by atoms with Gasteiger partial charge in [-0.15, -0.1) is 0 Å². The fraction of sp³-hybridized carbons (Fsp3) is 0.730. The molecule has 4 aliphatic rings. The maximum Gasteiger partial charge on any atom is 0.335 e. The van der Waals surface area contributed by atoms with Crippen molar-refractivity contribution >= 4 is 24.1 Å². The van der Waals surface area contributed by atoms with Gasteiger partial charge in [0.1, 0.15) is 67.3 Å². The van der Waals surface area contributed by atoms with E-state index in [0.717, 1.165) is 0 Å². The highest BCUT2D eigenvalue weighted by atomic mass is 16.8. The van der Waals surface area contributed by atoms with E-state index in [1.54, 1.807) is 0 Å². The second kappa shape index (κ2) is 21.3. The molecule has 24 nitrogen and oxygen atoms in total. The maximum atomic E-state index is 12.4. The number of amides is 1. The number of aliphatic carboxylic acids is 2. The quantitative estimate of drug-likeness (QED) is 0.0515. The Bertz CT molecular complexity index is 1620. The molecule has 24 heteroatoms. The second-order valence-electron chi connectivity index (χ2n) is 15.0. The molecule has 0 radical (unpaired) electrons. The first-order chi connectivity index (χ1) is 29.0. The third kappa shape index (κ3) is 10.7. The second-order valence-corrected chi connectivity index (χ2v) is 15.0. The molecule has 4 heterocycles. The molecule has 61 heavy (non-hydrogen) atoms. The minimum atomic E-state index is -2.07. The van der Waals surface area contributed by atoms with Crippen LogP contribution in [0.1, 0.15) is 34.6 Å². The third-order valence-electron chi connectivity index (χ3n) is 11.0. The van der Waals surface area contributed by atoms with Crippen LogP contribution in [0.3, 0.4) is 0 Å². The van der Waals surface area contributed by atoms with Crippen molar-refractivity contribution in [2.45, 2.75) is 124 Å². The van der Waals surface area contributed by atoms with Gasteiger partial charge in [-0.3, -0.25) is 9.59 Å². The number of aldehydes is 1. The van der Waals surface area contributed by atoms with E-state index in [1.807, 2.05) is 0 Å². The summed E-state index contributed by atoms with van der Waals surface area (Å²) in [7, 11) is 1.28. The number of carboxylic acid groups (broad SMARTS) is 2. The maximum absolute atomic E-state index is 12.4. The molecule has 11 N–H and O–H groups in total. The lowest BCUT2D eigenvalue weighted by Gasteiger charge is -2.49. The van der Waals surface area contributed by atoms with E-state index in [2.05, 4.69) is 5.32 Å². The van der Waals surface area contributed by atoms with Crippen molar-refractivity contribution in [1.82, 2.24) is 5.32 Å². The van der Waals surface area contributed by atoms with Gasteiger partial charge in [0.05, 0.1) is 32.0 Å². The number of methoxy groups -OCH3 is 1. The number of carboxylic acids is 2. The molecule has 4 saturated heterocycles. The summed E-state index contributed by atoms with van der Waals surface area (Å²) in [6, 6.07) is 5.73. The summed E-state index contributed by atoms with van der Waals surface area (Å²) in [5.41, 5.74) is 0.597. The van der Waals surface area contributed by atoms with Crippen molar-refractivity contribution in [3.05, 3.63) is 35.4 Å². The summed E-state index contributed by atoms with van der Waals surface area (Å²) < 4.78 is 50.2. The van der Waals surface area contributed by atoms with Crippen LogP contribution in [0.2, 0.25) is 0 Å². The molecular weight excluding hydrogens is 826 g/mol. The first-order valence-corrected chi connectivity index (χ1v) is 19.3. The Labute approximate surface area is 347 Å². The normalized spacial score (nSPS) is 41.8. The van der Waals surface area contributed by atoms with Crippen LogP contribution in [0.4, 0.5) is 0 Å². The van der Waals surface area contributed by atoms with Gasteiger partial charge in [-0.25, -0.2) is 9.59 Å². The van der Waals surface area contributed by atoms with Crippen LogP contribution in [-0.2, 0) is 52.2 Å². The van der Waals surface area contributed by atoms with Gasteiger partial charge in [0, 0.05) is 36.6 Å². The smallest absolute Gasteiger partial charge is 0.335 e. The summed E-state index contributed by atoms with van der Waals surface area (Å²) in [5, 5.41) is 109. The number of benzene rings is 1. The number of ether oxygens (including phenoxy) is 9. The Morgan fingerprint density at radius 3 is 1.57 bits per heavy atom. The highest BCUT2D eigenvalue weighted by molar-refractivity contribution is 5.94. The molecular formula is C37H53NO23. The molecule has 0 saturated carbocycles. The van der Waals surface area contributed by atoms with Gasteiger partial charge in [-0.05, 0) is 12.1 Å². The molecule has 0 bridgehead atoms. The zero-order valence-corrected chi connectivity index (χ0v) is 33.0. The SMILES string of the molecule is CO[C@@H]1C(CO)O[C@H](O[C@@H]2C(C(=O)O)O[C@@H](O[C@@H]3C(CO)O[C@H](O[C@@H]4C(C(=O)O)O[C@@H](OCCNC(=O)c5ccc(C=O)cc5)[C@@H](O)C4O)C(C)[C@H]3O)[C@@H](O)C2O)C(C)[C@H]1O.